The number of aromatic nitrogens is 1. The Morgan fingerprint density at radius 2 is 2.06 bits per heavy atom. The average molecular weight is 309 g/mol. The van der Waals surface area contributed by atoms with Crippen molar-refractivity contribution in [3.05, 3.63) is 39.0 Å². The van der Waals surface area contributed by atoms with Gasteiger partial charge in [0.05, 0.1) is 18.7 Å². The van der Waals surface area contributed by atoms with Crippen molar-refractivity contribution in [3.63, 3.8) is 0 Å². The molecule has 0 unspecified atom stereocenters. The highest BCUT2D eigenvalue weighted by molar-refractivity contribution is 9.10. The normalized spacial score (nSPS) is 16.2. The molecule has 1 aromatic carbocycles. The second-order valence-corrected chi connectivity index (χ2v) is 5.13. The van der Waals surface area contributed by atoms with Gasteiger partial charge in [0, 0.05) is 29.0 Å². The van der Waals surface area contributed by atoms with E-state index in [1.54, 1.807) is 6.07 Å². The van der Waals surface area contributed by atoms with E-state index in [-0.39, 0.29) is 5.43 Å². The fraction of sp³-hybridized carbons (Fsp3) is 0.308. The van der Waals surface area contributed by atoms with Gasteiger partial charge in [0.15, 0.2) is 5.43 Å². The van der Waals surface area contributed by atoms with Crippen LogP contribution in [0, 0.1) is 0 Å². The van der Waals surface area contributed by atoms with Gasteiger partial charge in [0.2, 0.25) is 0 Å². The predicted molar refractivity (Wildman–Crippen MR) is 75.3 cm³/mol. The third-order valence-corrected chi connectivity index (χ3v) is 3.81. The molecular formula is C13H13BrN2O2. The maximum atomic E-state index is 12.1. The van der Waals surface area contributed by atoms with Crippen molar-refractivity contribution in [2.45, 2.75) is 0 Å². The molecule has 1 fully saturated rings. The fourth-order valence-corrected chi connectivity index (χ4v) is 2.66. The molecule has 1 aliphatic rings. The molecule has 3 rings (SSSR count). The molecule has 2 heterocycles. The summed E-state index contributed by atoms with van der Waals surface area (Å²) in [4.78, 5) is 17.6. The monoisotopic (exact) mass is 308 g/mol. The Balaban J connectivity index is 2.14. The first-order valence-corrected chi connectivity index (χ1v) is 6.69. The van der Waals surface area contributed by atoms with Crippen molar-refractivity contribution in [2.75, 3.05) is 31.2 Å². The highest BCUT2D eigenvalue weighted by atomic mass is 79.9. The van der Waals surface area contributed by atoms with Gasteiger partial charge in [-0.2, -0.15) is 0 Å². The smallest absolute Gasteiger partial charge is 0.191 e. The Morgan fingerprint density at radius 1 is 1.28 bits per heavy atom. The summed E-state index contributed by atoms with van der Waals surface area (Å²) in [7, 11) is 0. The number of fused-ring (bicyclic) bond motifs is 1. The van der Waals surface area contributed by atoms with Gasteiger partial charge in [-0.25, -0.2) is 0 Å². The number of pyridine rings is 1. The van der Waals surface area contributed by atoms with Crippen molar-refractivity contribution in [2.24, 2.45) is 0 Å². The number of ether oxygens (including phenoxy) is 1. The van der Waals surface area contributed by atoms with Crippen LogP contribution in [0.25, 0.3) is 10.9 Å². The van der Waals surface area contributed by atoms with E-state index < -0.39 is 0 Å². The number of para-hydroxylation sites is 1. The molecule has 0 bridgehead atoms. The van der Waals surface area contributed by atoms with Gasteiger partial charge in [0.1, 0.15) is 5.82 Å². The standard InChI is InChI=1S/C13H13BrN2O2/c14-10-3-1-2-9-11(17)8-12(15-13(9)10)16-4-6-18-7-5-16/h1-3,8H,4-7H2,(H,15,17). The first kappa shape index (κ1) is 11.7. The van der Waals surface area contributed by atoms with Crippen molar-refractivity contribution >= 4 is 32.7 Å². The SMILES string of the molecule is O=c1cc(N2CCOCC2)[nH]c2c(Br)cccc12. The second kappa shape index (κ2) is 4.74. The van der Waals surface area contributed by atoms with Crippen molar-refractivity contribution in [3.8, 4) is 0 Å². The quantitative estimate of drug-likeness (QED) is 0.878. The molecule has 0 aliphatic carbocycles. The van der Waals surface area contributed by atoms with Crippen LogP contribution in [0.1, 0.15) is 0 Å². The minimum absolute atomic E-state index is 0.0477. The Morgan fingerprint density at radius 3 is 2.83 bits per heavy atom. The van der Waals surface area contributed by atoms with Crippen LogP contribution >= 0.6 is 15.9 Å². The molecule has 0 spiro atoms. The number of H-pyrrole nitrogens is 1. The van der Waals surface area contributed by atoms with E-state index in [1.807, 2.05) is 18.2 Å². The lowest BCUT2D eigenvalue weighted by Gasteiger charge is -2.28. The largest absolute Gasteiger partial charge is 0.378 e. The van der Waals surface area contributed by atoms with E-state index in [1.165, 1.54) is 0 Å². The van der Waals surface area contributed by atoms with Crippen LogP contribution in [0.2, 0.25) is 0 Å². The molecule has 1 saturated heterocycles. The number of hydrogen-bond donors (Lipinski definition) is 1. The fourth-order valence-electron chi connectivity index (χ4n) is 2.20. The highest BCUT2D eigenvalue weighted by Crippen LogP contribution is 2.22. The van der Waals surface area contributed by atoms with Gasteiger partial charge in [0.25, 0.3) is 0 Å². The van der Waals surface area contributed by atoms with Crippen LogP contribution in [0.4, 0.5) is 5.82 Å². The number of benzene rings is 1. The topological polar surface area (TPSA) is 45.3 Å². The lowest BCUT2D eigenvalue weighted by molar-refractivity contribution is 0.122. The Hall–Kier alpha value is -1.33. The molecule has 18 heavy (non-hydrogen) atoms. The molecule has 2 aromatic rings. The summed E-state index contributed by atoms with van der Waals surface area (Å²) in [5, 5.41) is 0.710. The summed E-state index contributed by atoms with van der Waals surface area (Å²) < 4.78 is 6.23. The van der Waals surface area contributed by atoms with Crippen molar-refractivity contribution < 1.29 is 4.74 Å². The molecule has 1 aromatic heterocycles. The highest BCUT2D eigenvalue weighted by Gasteiger charge is 2.13. The molecule has 4 nitrogen and oxygen atoms in total. The van der Waals surface area contributed by atoms with Crippen molar-refractivity contribution in [1.29, 1.82) is 0 Å². The molecule has 94 valence electrons. The van der Waals surface area contributed by atoms with Crippen LogP contribution in [0.5, 0.6) is 0 Å². The summed E-state index contributed by atoms with van der Waals surface area (Å²) in [5.41, 5.74) is 0.901. The average Bonchev–Trinajstić information content (AvgIpc) is 2.41. The molecule has 0 atom stereocenters. The maximum Gasteiger partial charge on any atom is 0.191 e. The van der Waals surface area contributed by atoms with E-state index in [2.05, 4.69) is 25.8 Å². The molecule has 1 N–H and O–H groups in total. The van der Waals surface area contributed by atoms with Gasteiger partial charge in [-0.15, -0.1) is 0 Å². The number of halogens is 1. The summed E-state index contributed by atoms with van der Waals surface area (Å²) in [6.45, 7) is 3.03. The summed E-state index contributed by atoms with van der Waals surface area (Å²) in [6, 6.07) is 7.31. The third-order valence-electron chi connectivity index (χ3n) is 3.15. The van der Waals surface area contributed by atoms with Crippen LogP contribution in [-0.2, 0) is 4.74 Å². The van der Waals surface area contributed by atoms with Crippen LogP contribution in [0.15, 0.2) is 33.5 Å². The lowest BCUT2D eigenvalue weighted by atomic mass is 10.2. The van der Waals surface area contributed by atoms with Crippen LogP contribution < -0.4 is 10.3 Å². The molecule has 0 radical (unpaired) electrons. The number of nitrogens with zero attached hydrogens (tertiary/aromatic N) is 1. The number of aromatic amines is 1. The first-order chi connectivity index (χ1) is 8.75. The van der Waals surface area contributed by atoms with E-state index in [0.29, 0.717) is 18.6 Å². The molecule has 0 saturated carbocycles. The molecular weight excluding hydrogens is 296 g/mol. The zero-order chi connectivity index (χ0) is 12.5. The summed E-state index contributed by atoms with van der Waals surface area (Å²) >= 11 is 3.48. The minimum Gasteiger partial charge on any atom is -0.378 e. The van der Waals surface area contributed by atoms with E-state index in [4.69, 9.17) is 4.74 Å². The molecule has 1 aliphatic heterocycles. The first-order valence-electron chi connectivity index (χ1n) is 5.90. The Bertz CT molecular complexity index is 632. The third kappa shape index (κ3) is 2.04. The zero-order valence-corrected chi connectivity index (χ0v) is 11.4. The second-order valence-electron chi connectivity index (χ2n) is 4.28. The van der Waals surface area contributed by atoms with Gasteiger partial charge < -0.3 is 14.6 Å². The van der Waals surface area contributed by atoms with Gasteiger partial charge in [-0.05, 0) is 28.1 Å². The van der Waals surface area contributed by atoms with E-state index in [0.717, 1.165) is 28.9 Å². The van der Waals surface area contributed by atoms with Gasteiger partial charge in [-0.1, -0.05) is 6.07 Å². The van der Waals surface area contributed by atoms with Crippen molar-refractivity contribution in [1.82, 2.24) is 4.98 Å². The number of rotatable bonds is 1. The van der Waals surface area contributed by atoms with Crippen LogP contribution in [0.3, 0.4) is 0 Å². The molecule has 5 heteroatoms. The number of nitrogens with one attached hydrogen (secondary N) is 1. The predicted octanol–water partition coefficient (Wildman–Crippen LogP) is 2.13. The number of anilines is 1. The zero-order valence-electron chi connectivity index (χ0n) is 9.78. The van der Waals surface area contributed by atoms with E-state index in [9.17, 15) is 4.79 Å². The van der Waals surface area contributed by atoms with E-state index >= 15 is 0 Å². The Labute approximate surface area is 113 Å². The molecule has 0 amide bonds. The number of hydrogen-bond acceptors (Lipinski definition) is 3. The maximum absolute atomic E-state index is 12.1. The summed E-state index contributed by atoms with van der Waals surface area (Å²) in [6.07, 6.45) is 0. The van der Waals surface area contributed by atoms with Gasteiger partial charge >= 0.3 is 0 Å². The number of morpholine rings is 1. The van der Waals surface area contributed by atoms with Gasteiger partial charge in [-0.3, -0.25) is 4.79 Å². The summed E-state index contributed by atoms with van der Waals surface area (Å²) in [5.74, 6) is 0.864. The lowest BCUT2D eigenvalue weighted by Crippen LogP contribution is -2.37. The van der Waals surface area contributed by atoms with Crippen LogP contribution in [-0.4, -0.2) is 31.3 Å². The minimum atomic E-state index is 0.0477. The Kier molecular flexibility index (Phi) is 3.09.